The highest BCUT2D eigenvalue weighted by Crippen LogP contribution is 2.38. The molecule has 3 aromatic carbocycles. The number of hydrogen-bond donors (Lipinski definition) is 1. The first kappa shape index (κ1) is 21.2. The maximum Gasteiger partial charge on any atom is 0.261 e. The van der Waals surface area contributed by atoms with Crippen LogP contribution in [0.5, 0.6) is 5.75 Å². The first-order chi connectivity index (χ1) is 15.4. The highest BCUT2D eigenvalue weighted by Gasteiger charge is 2.21. The average Bonchev–Trinajstić information content (AvgIpc) is 2.79. The summed E-state index contributed by atoms with van der Waals surface area (Å²) in [5, 5.41) is 0.431. The molecule has 1 N–H and O–H groups in total. The summed E-state index contributed by atoms with van der Waals surface area (Å²) in [6.07, 6.45) is 5.31. The smallest absolute Gasteiger partial charge is 0.261 e. The van der Waals surface area contributed by atoms with Crippen LogP contribution in [0, 0.1) is 19.3 Å². The van der Waals surface area contributed by atoms with Gasteiger partial charge in [-0.1, -0.05) is 36.3 Å². The lowest BCUT2D eigenvalue weighted by molar-refractivity contribution is 0.368. The van der Waals surface area contributed by atoms with Gasteiger partial charge in [-0.25, -0.2) is 8.42 Å². The number of nitrogens with one attached hydrogen (secondary N) is 1. The molecule has 0 bridgehead atoms. The van der Waals surface area contributed by atoms with Crippen LogP contribution >= 0.6 is 0 Å². The third-order valence-corrected chi connectivity index (χ3v) is 6.29. The Morgan fingerprint density at radius 2 is 1.75 bits per heavy atom. The van der Waals surface area contributed by atoms with Crippen molar-refractivity contribution in [1.29, 1.82) is 0 Å². The highest BCUT2D eigenvalue weighted by atomic mass is 32.2. The summed E-state index contributed by atoms with van der Waals surface area (Å²) in [5.41, 5.74) is 1.36. The van der Waals surface area contributed by atoms with Gasteiger partial charge in [-0.2, -0.15) is 0 Å². The molecule has 1 heterocycles. The molecule has 0 amide bonds. The Kier molecular flexibility index (Phi) is 5.71. The maximum absolute atomic E-state index is 13.0. The Hall–Kier alpha value is -4.02. The normalized spacial score (nSPS) is 11.1. The number of sulfonamides is 1. The Labute approximate surface area is 185 Å². The summed E-state index contributed by atoms with van der Waals surface area (Å²) >= 11 is 0. The molecule has 6 nitrogen and oxygen atoms in total. The molecule has 0 aliphatic heterocycles. The number of anilines is 1. The molecule has 0 atom stereocenters. The van der Waals surface area contributed by atoms with Crippen molar-refractivity contribution in [3.8, 4) is 29.4 Å². The second-order valence-electron chi connectivity index (χ2n) is 6.99. The second kappa shape index (κ2) is 8.61. The van der Waals surface area contributed by atoms with E-state index in [0.29, 0.717) is 27.8 Å². The van der Waals surface area contributed by atoms with Crippen LogP contribution in [0.25, 0.3) is 22.3 Å². The van der Waals surface area contributed by atoms with Crippen LogP contribution in [0.1, 0.15) is 5.56 Å². The van der Waals surface area contributed by atoms with E-state index in [2.05, 4.69) is 10.6 Å². The zero-order chi connectivity index (χ0) is 22.7. The molecular formula is C25H19NO5S. The molecule has 0 saturated heterocycles. The predicted octanol–water partition coefficient (Wildman–Crippen LogP) is 4.58. The SMILES string of the molecule is C#CCOc1ccc(NS(=O)(=O)c2ccccc2)c(-c2cc(=O)c3ccccc3o2)c1C. The monoisotopic (exact) mass is 445 g/mol. The first-order valence-corrected chi connectivity index (χ1v) is 11.2. The van der Waals surface area contributed by atoms with Crippen LogP contribution in [-0.2, 0) is 10.0 Å². The van der Waals surface area contributed by atoms with E-state index in [-0.39, 0.29) is 28.4 Å². The van der Waals surface area contributed by atoms with Crippen molar-refractivity contribution in [3.63, 3.8) is 0 Å². The van der Waals surface area contributed by atoms with Gasteiger partial charge >= 0.3 is 0 Å². The van der Waals surface area contributed by atoms with Crippen molar-refractivity contribution in [2.75, 3.05) is 11.3 Å². The van der Waals surface area contributed by atoms with Gasteiger partial charge in [0.25, 0.3) is 10.0 Å². The van der Waals surface area contributed by atoms with Crippen LogP contribution < -0.4 is 14.9 Å². The lowest BCUT2D eigenvalue weighted by Gasteiger charge is -2.17. The number of para-hydroxylation sites is 1. The molecule has 0 fully saturated rings. The largest absolute Gasteiger partial charge is 0.481 e. The van der Waals surface area contributed by atoms with Crippen molar-refractivity contribution in [3.05, 3.63) is 88.6 Å². The molecule has 1 aromatic heterocycles. The molecule has 160 valence electrons. The van der Waals surface area contributed by atoms with Crippen LogP contribution in [0.3, 0.4) is 0 Å². The highest BCUT2D eigenvalue weighted by molar-refractivity contribution is 7.92. The van der Waals surface area contributed by atoms with E-state index in [1.165, 1.54) is 18.2 Å². The number of benzene rings is 3. The average molecular weight is 445 g/mol. The lowest BCUT2D eigenvalue weighted by atomic mass is 10.0. The fourth-order valence-electron chi connectivity index (χ4n) is 3.40. The Morgan fingerprint density at radius 1 is 1.03 bits per heavy atom. The predicted molar refractivity (Wildman–Crippen MR) is 124 cm³/mol. The van der Waals surface area contributed by atoms with E-state index in [0.717, 1.165) is 0 Å². The molecule has 0 unspecified atom stereocenters. The van der Waals surface area contributed by atoms with Crippen LogP contribution in [0.2, 0.25) is 0 Å². The van der Waals surface area contributed by atoms with Gasteiger partial charge in [-0.15, -0.1) is 6.42 Å². The zero-order valence-corrected chi connectivity index (χ0v) is 18.0. The van der Waals surface area contributed by atoms with Gasteiger partial charge in [-0.3, -0.25) is 9.52 Å². The fraction of sp³-hybridized carbons (Fsp3) is 0.0800. The van der Waals surface area contributed by atoms with Crippen molar-refractivity contribution >= 4 is 26.7 Å². The second-order valence-corrected chi connectivity index (χ2v) is 8.68. The number of ether oxygens (including phenoxy) is 1. The summed E-state index contributed by atoms with van der Waals surface area (Å²) in [7, 11) is -3.89. The van der Waals surface area contributed by atoms with Gasteiger partial charge in [0.1, 0.15) is 23.7 Å². The van der Waals surface area contributed by atoms with Gasteiger partial charge in [0.2, 0.25) is 0 Å². The summed E-state index contributed by atoms with van der Waals surface area (Å²) < 4.78 is 40.2. The third kappa shape index (κ3) is 4.09. The maximum atomic E-state index is 13.0. The van der Waals surface area contributed by atoms with E-state index in [1.807, 2.05) is 0 Å². The van der Waals surface area contributed by atoms with Crippen LogP contribution in [0.4, 0.5) is 5.69 Å². The molecule has 4 rings (SSSR count). The lowest BCUT2D eigenvalue weighted by Crippen LogP contribution is -2.14. The standard InChI is InChI=1S/C25H19NO5S/c1-3-15-30-22-14-13-20(26-32(28,29)18-9-5-4-6-10-18)25(17(22)2)24-16-21(27)19-11-7-8-12-23(19)31-24/h1,4-14,16,26H,15H2,2H3. The first-order valence-electron chi connectivity index (χ1n) is 9.72. The van der Waals surface area contributed by atoms with Crippen molar-refractivity contribution in [1.82, 2.24) is 0 Å². The molecule has 7 heteroatoms. The van der Waals surface area contributed by atoms with Gasteiger partial charge in [0.05, 0.1) is 16.0 Å². The molecule has 0 aliphatic carbocycles. The van der Waals surface area contributed by atoms with Crippen molar-refractivity contribution in [2.24, 2.45) is 0 Å². The van der Waals surface area contributed by atoms with Crippen molar-refractivity contribution < 1.29 is 17.6 Å². The van der Waals surface area contributed by atoms with Gasteiger partial charge < -0.3 is 9.15 Å². The van der Waals surface area contributed by atoms with Crippen LogP contribution in [0.15, 0.2) is 86.9 Å². The Morgan fingerprint density at radius 3 is 2.50 bits per heavy atom. The molecule has 0 spiro atoms. The van der Waals surface area contributed by atoms with E-state index in [9.17, 15) is 13.2 Å². The van der Waals surface area contributed by atoms with Gasteiger partial charge in [0.15, 0.2) is 5.43 Å². The summed E-state index contributed by atoms with van der Waals surface area (Å²) in [6, 6.07) is 19.4. The van der Waals surface area contributed by atoms with E-state index < -0.39 is 10.0 Å². The van der Waals surface area contributed by atoms with E-state index >= 15 is 0 Å². The minimum atomic E-state index is -3.89. The van der Waals surface area contributed by atoms with E-state index in [4.69, 9.17) is 15.6 Å². The number of terminal acetylenes is 1. The van der Waals surface area contributed by atoms with Gasteiger partial charge in [0, 0.05) is 17.2 Å². The molecular weight excluding hydrogens is 426 g/mol. The third-order valence-electron chi connectivity index (χ3n) is 4.91. The molecule has 4 aromatic rings. The Balaban J connectivity index is 1.91. The minimum Gasteiger partial charge on any atom is -0.481 e. The number of hydrogen-bond acceptors (Lipinski definition) is 5. The minimum absolute atomic E-state index is 0.0387. The van der Waals surface area contributed by atoms with E-state index in [1.54, 1.807) is 61.5 Å². The molecule has 0 aliphatic rings. The zero-order valence-electron chi connectivity index (χ0n) is 17.2. The molecule has 0 radical (unpaired) electrons. The fourth-order valence-corrected chi connectivity index (χ4v) is 4.49. The quantitative estimate of drug-likeness (QED) is 0.439. The molecule has 32 heavy (non-hydrogen) atoms. The van der Waals surface area contributed by atoms with Crippen molar-refractivity contribution in [2.45, 2.75) is 11.8 Å². The summed E-state index contributed by atoms with van der Waals surface area (Å²) in [6.45, 7) is 1.79. The number of fused-ring (bicyclic) bond motifs is 1. The summed E-state index contributed by atoms with van der Waals surface area (Å²) in [5.74, 6) is 3.07. The number of rotatable bonds is 6. The Bertz CT molecular complexity index is 1500. The van der Waals surface area contributed by atoms with Crippen LogP contribution in [-0.4, -0.2) is 15.0 Å². The van der Waals surface area contributed by atoms with Gasteiger partial charge in [-0.05, 0) is 43.3 Å². The molecule has 0 saturated carbocycles. The summed E-state index contributed by atoms with van der Waals surface area (Å²) in [4.78, 5) is 12.8. The topological polar surface area (TPSA) is 85.6 Å².